The molecule has 1 aromatic heterocycles. The van der Waals surface area contributed by atoms with Crippen molar-refractivity contribution in [3.8, 4) is 22.9 Å². The summed E-state index contributed by atoms with van der Waals surface area (Å²) in [5.74, 6) is 1.41. The molecule has 0 atom stereocenters. The summed E-state index contributed by atoms with van der Waals surface area (Å²) in [6.45, 7) is 0. The summed E-state index contributed by atoms with van der Waals surface area (Å²) in [7, 11) is 1.53. The number of aromatic hydroxyl groups is 1. The predicted molar refractivity (Wildman–Crippen MR) is 61.9 cm³/mol. The molecule has 0 amide bonds. The molecule has 17 heavy (non-hydrogen) atoms. The van der Waals surface area contributed by atoms with Crippen molar-refractivity contribution in [3.05, 3.63) is 24.5 Å². The number of hydrogen-bond donors (Lipinski definition) is 1. The zero-order valence-electron chi connectivity index (χ0n) is 9.50. The third-order valence-corrected chi connectivity index (χ3v) is 2.95. The number of rotatable bonds is 3. The molecule has 1 aliphatic carbocycles. The molecule has 1 saturated carbocycles. The van der Waals surface area contributed by atoms with Crippen LogP contribution in [0.5, 0.6) is 11.5 Å². The topological polar surface area (TPSA) is 60.2 Å². The third-order valence-electron chi connectivity index (χ3n) is 2.95. The van der Waals surface area contributed by atoms with Gasteiger partial charge in [0, 0.05) is 11.6 Å². The second-order valence-corrected chi connectivity index (χ2v) is 4.18. The Morgan fingerprint density at radius 2 is 2.24 bits per heavy atom. The van der Waals surface area contributed by atoms with Crippen LogP contribution in [0.1, 0.15) is 18.9 Å². The number of phenols is 1. The molecule has 1 fully saturated rings. The Hall–Kier alpha value is -2.04. The summed E-state index contributed by atoms with van der Waals surface area (Å²) in [5, 5.41) is 17.6. The second kappa shape index (κ2) is 3.76. The van der Waals surface area contributed by atoms with Crippen LogP contribution in [0, 0.1) is 0 Å². The number of hydrogen-bond acceptors (Lipinski definition) is 4. The number of phenolic OH excluding ortho intramolecular Hbond substituents is 1. The van der Waals surface area contributed by atoms with E-state index in [1.165, 1.54) is 20.0 Å². The number of methoxy groups -OCH3 is 1. The number of nitrogens with zero attached hydrogens (tertiary/aromatic N) is 3. The minimum absolute atomic E-state index is 0.133. The van der Waals surface area contributed by atoms with Gasteiger partial charge in [-0.25, -0.2) is 0 Å². The number of aromatic nitrogens is 3. The van der Waals surface area contributed by atoms with Crippen molar-refractivity contribution in [1.29, 1.82) is 0 Å². The average Bonchev–Trinajstić information content (AvgIpc) is 3.08. The van der Waals surface area contributed by atoms with Gasteiger partial charge in [0.05, 0.1) is 7.11 Å². The minimum Gasteiger partial charge on any atom is -0.504 e. The van der Waals surface area contributed by atoms with Crippen LogP contribution >= 0.6 is 0 Å². The van der Waals surface area contributed by atoms with E-state index in [-0.39, 0.29) is 5.75 Å². The highest BCUT2D eigenvalue weighted by molar-refractivity contribution is 5.61. The Labute approximate surface area is 98.7 Å². The van der Waals surface area contributed by atoms with E-state index in [2.05, 4.69) is 14.8 Å². The normalized spacial score (nSPS) is 14.9. The molecule has 88 valence electrons. The Balaban J connectivity index is 2.05. The van der Waals surface area contributed by atoms with E-state index < -0.39 is 0 Å². The fourth-order valence-corrected chi connectivity index (χ4v) is 1.89. The van der Waals surface area contributed by atoms with Crippen LogP contribution in [0.3, 0.4) is 0 Å². The van der Waals surface area contributed by atoms with Crippen LogP contribution in [-0.2, 0) is 0 Å². The molecule has 1 heterocycles. The molecule has 0 aliphatic heterocycles. The molecule has 2 aromatic rings. The summed E-state index contributed by atoms with van der Waals surface area (Å²) in [6, 6.07) is 5.73. The second-order valence-electron chi connectivity index (χ2n) is 4.18. The first-order valence-corrected chi connectivity index (χ1v) is 5.56. The first kappa shape index (κ1) is 10.1. The van der Waals surface area contributed by atoms with Gasteiger partial charge in [0.2, 0.25) is 0 Å². The molecule has 0 spiro atoms. The van der Waals surface area contributed by atoms with Gasteiger partial charge in [-0.1, -0.05) is 0 Å². The first-order valence-electron chi connectivity index (χ1n) is 5.56. The van der Waals surface area contributed by atoms with Crippen molar-refractivity contribution in [3.63, 3.8) is 0 Å². The molecule has 0 unspecified atom stereocenters. The lowest BCUT2D eigenvalue weighted by atomic mass is 10.2. The number of benzene rings is 1. The smallest absolute Gasteiger partial charge is 0.164 e. The SMILES string of the molecule is COc1cc(-c2nncn2C2CC2)ccc1O. The quantitative estimate of drug-likeness (QED) is 0.877. The van der Waals surface area contributed by atoms with Crippen molar-refractivity contribution in [2.24, 2.45) is 0 Å². The van der Waals surface area contributed by atoms with Gasteiger partial charge < -0.3 is 14.4 Å². The van der Waals surface area contributed by atoms with Crippen LogP contribution in [0.2, 0.25) is 0 Å². The van der Waals surface area contributed by atoms with Crippen molar-refractivity contribution in [2.75, 3.05) is 7.11 Å². The lowest BCUT2D eigenvalue weighted by Gasteiger charge is -2.07. The Bertz CT molecular complexity index is 546. The molecule has 1 N–H and O–H groups in total. The van der Waals surface area contributed by atoms with Crippen molar-refractivity contribution in [1.82, 2.24) is 14.8 Å². The van der Waals surface area contributed by atoms with Gasteiger partial charge in [0.1, 0.15) is 6.33 Å². The van der Waals surface area contributed by atoms with Crippen LogP contribution in [0.15, 0.2) is 24.5 Å². The highest BCUT2D eigenvalue weighted by Gasteiger charge is 2.26. The highest BCUT2D eigenvalue weighted by atomic mass is 16.5. The largest absolute Gasteiger partial charge is 0.504 e. The van der Waals surface area contributed by atoms with E-state index in [1.807, 2.05) is 6.07 Å². The van der Waals surface area contributed by atoms with E-state index in [0.717, 1.165) is 11.4 Å². The summed E-state index contributed by atoms with van der Waals surface area (Å²) in [6.07, 6.45) is 4.12. The number of ether oxygens (including phenoxy) is 1. The fraction of sp³-hybridized carbons (Fsp3) is 0.333. The van der Waals surface area contributed by atoms with E-state index in [1.54, 1.807) is 18.5 Å². The summed E-state index contributed by atoms with van der Waals surface area (Å²) >= 11 is 0. The average molecular weight is 231 g/mol. The van der Waals surface area contributed by atoms with E-state index >= 15 is 0 Å². The van der Waals surface area contributed by atoms with E-state index in [0.29, 0.717) is 11.8 Å². The molecule has 5 nitrogen and oxygen atoms in total. The first-order chi connectivity index (χ1) is 8.29. The maximum absolute atomic E-state index is 9.56. The van der Waals surface area contributed by atoms with Gasteiger partial charge in [0.15, 0.2) is 17.3 Å². The molecular weight excluding hydrogens is 218 g/mol. The standard InChI is InChI=1S/C12H13N3O2/c1-17-11-6-8(2-5-10(11)16)12-14-13-7-15(12)9-3-4-9/h2,5-7,9,16H,3-4H2,1H3. The molecule has 1 aliphatic rings. The van der Waals surface area contributed by atoms with Crippen molar-refractivity contribution < 1.29 is 9.84 Å². The molecule has 0 radical (unpaired) electrons. The summed E-state index contributed by atoms with van der Waals surface area (Å²) in [4.78, 5) is 0. The van der Waals surface area contributed by atoms with Gasteiger partial charge in [-0.05, 0) is 31.0 Å². The van der Waals surface area contributed by atoms with Crippen LogP contribution in [-0.4, -0.2) is 27.0 Å². The van der Waals surface area contributed by atoms with E-state index in [4.69, 9.17) is 4.74 Å². The fourth-order valence-electron chi connectivity index (χ4n) is 1.89. The van der Waals surface area contributed by atoms with Crippen LogP contribution in [0.4, 0.5) is 0 Å². The molecule has 0 saturated heterocycles. The monoisotopic (exact) mass is 231 g/mol. The molecule has 3 rings (SSSR count). The Morgan fingerprint density at radius 3 is 2.94 bits per heavy atom. The third kappa shape index (κ3) is 1.73. The molecular formula is C12H13N3O2. The van der Waals surface area contributed by atoms with Gasteiger partial charge in [-0.3, -0.25) is 0 Å². The lowest BCUT2D eigenvalue weighted by molar-refractivity contribution is 0.373. The minimum atomic E-state index is 0.133. The zero-order chi connectivity index (χ0) is 11.8. The summed E-state index contributed by atoms with van der Waals surface area (Å²) in [5.41, 5.74) is 0.907. The summed E-state index contributed by atoms with van der Waals surface area (Å²) < 4.78 is 7.17. The van der Waals surface area contributed by atoms with Gasteiger partial charge in [0.25, 0.3) is 0 Å². The van der Waals surface area contributed by atoms with Crippen LogP contribution in [0.25, 0.3) is 11.4 Å². The molecule has 0 bridgehead atoms. The van der Waals surface area contributed by atoms with Gasteiger partial charge in [-0.15, -0.1) is 10.2 Å². The van der Waals surface area contributed by atoms with Crippen molar-refractivity contribution in [2.45, 2.75) is 18.9 Å². The van der Waals surface area contributed by atoms with Gasteiger partial charge >= 0.3 is 0 Å². The highest BCUT2D eigenvalue weighted by Crippen LogP contribution is 2.38. The molecule has 5 heteroatoms. The van der Waals surface area contributed by atoms with E-state index in [9.17, 15) is 5.11 Å². The van der Waals surface area contributed by atoms with Gasteiger partial charge in [-0.2, -0.15) is 0 Å². The Morgan fingerprint density at radius 1 is 1.41 bits per heavy atom. The van der Waals surface area contributed by atoms with Crippen LogP contribution < -0.4 is 4.74 Å². The maximum atomic E-state index is 9.56. The molecule has 1 aromatic carbocycles. The lowest BCUT2D eigenvalue weighted by Crippen LogP contribution is -1.96. The van der Waals surface area contributed by atoms with Crippen molar-refractivity contribution >= 4 is 0 Å². The maximum Gasteiger partial charge on any atom is 0.164 e. The Kier molecular flexibility index (Phi) is 2.24. The zero-order valence-corrected chi connectivity index (χ0v) is 9.50. The predicted octanol–water partition coefficient (Wildman–Crippen LogP) is 1.99.